The minimum Gasteiger partial charge on any atom is -0.378 e. The summed E-state index contributed by atoms with van der Waals surface area (Å²) in [6.07, 6.45) is 3.48. The smallest absolute Gasteiger partial charge is 0.160 e. The summed E-state index contributed by atoms with van der Waals surface area (Å²) < 4.78 is 16.4. The summed E-state index contributed by atoms with van der Waals surface area (Å²) >= 11 is 0. The van der Waals surface area contributed by atoms with Crippen molar-refractivity contribution < 1.29 is 14.2 Å². The Kier molecular flexibility index (Phi) is 5.35. The van der Waals surface area contributed by atoms with E-state index in [1.165, 1.54) is 6.42 Å². The molecule has 0 saturated carbocycles. The molecule has 0 aromatic heterocycles. The van der Waals surface area contributed by atoms with Gasteiger partial charge in [0.05, 0.1) is 6.10 Å². The Morgan fingerprint density at radius 2 is 2.00 bits per heavy atom. The highest BCUT2D eigenvalue weighted by Gasteiger charge is 2.20. The van der Waals surface area contributed by atoms with Gasteiger partial charge in [0.25, 0.3) is 0 Å². The van der Waals surface area contributed by atoms with Gasteiger partial charge < -0.3 is 14.2 Å². The van der Waals surface area contributed by atoms with Gasteiger partial charge in [0.1, 0.15) is 0 Å². The summed E-state index contributed by atoms with van der Waals surface area (Å²) in [5, 5.41) is 0. The molecule has 0 aliphatic carbocycles. The first-order valence-corrected chi connectivity index (χ1v) is 5.21. The molecule has 0 aromatic rings. The molecule has 1 atom stereocenters. The van der Waals surface area contributed by atoms with Gasteiger partial charge in [-0.2, -0.15) is 0 Å². The molecule has 0 spiro atoms. The van der Waals surface area contributed by atoms with Crippen LogP contribution in [0.1, 0.15) is 33.1 Å². The van der Waals surface area contributed by atoms with Crippen LogP contribution in [0.3, 0.4) is 0 Å². The Hall–Kier alpha value is -0.120. The van der Waals surface area contributed by atoms with E-state index < -0.39 is 0 Å². The standard InChI is InChI=1S/C10H20O3/c1-3-11-10(12-4-2)8-9-6-5-7-13-9/h9-10H,3-8H2,1-2H3/t9-/m0/s1. The van der Waals surface area contributed by atoms with E-state index >= 15 is 0 Å². The van der Waals surface area contributed by atoms with Crippen LogP contribution in [0.5, 0.6) is 0 Å². The van der Waals surface area contributed by atoms with E-state index in [-0.39, 0.29) is 6.29 Å². The second-order valence-corrected chi connectivity index (χ2v) is 3.21. The molecule has 0 bridgehead atoms. The molecule has 1 rings (SSSR count). The quantitative estimate of drug-likeness (QED) is 0.596. The Labute approximate surface area is 80.4 Å². The molecule has 3 nitrogen and oxygen atoms in total. The first-order valence-electron chi connectivity index (χ1n) is 5.21. The monoisotopic (exact) mass is 188 g/mol. The molecule has 1 aliphatic heterocycles. The summed E-state index contributed by atoms with van der Waals surface area (Å²) in [7, 11) is 0. The number of ether oxygens (including phenoxy) is 3. The zero-order valence-corrected chi connectivity index (χ0v) is 8.62. The van der Waals surface area contributed by atoms with E-state index in [0.717, 1.165) is 19.4 Å². The van der Waals surface area contributed by atoms with Crippen LogP contribution in [0.4, 0.5) is 0 Å². The molecule has 0 amide bonds. The summed E-state index contributed by atoms with van der Waals surface area (Å²) in [6, 6.07) is 0. The lowest BCUT2D eigenvalue weighted by Gasteiger charge is -2.19. The minimum absolute atomic E-state index is 0.0712. The minimum atomic E-state index is -0.0712. The molecule has 78 valence electrons. The van der Waals surface area contributed by atoms with Crippen LogP contribution in [0.2, 0.25) is 0 Å². The van der Waals surface area contributed by atoms with Crippen molar-refractivity contribution in [1.29, 1.82) is 0 Å². The molecule has 0 N–H and O–H groups in total. The highest BCUT2D eigenvalue weighted by Crippen LogP contribution is 2.18. The van der Waals surface area contributed by atoms with E-state index in [4.69, 9.17) is 14.2 Å². The molecule has 0 radical (unpaired) electrons. The van der Waals surface area contributed by atoms with Gasteiger partial charge in [-0.25, -0.2) is 0 Å². The molecule has 3 heteroatoms. The predicted molar refractivity (Wildman–Crippen MR) is 50.6 cm³/mol. The molecule has 0 aromatic carbocycles. The van der Waals surface area contributed by atoms with Crippen LogP contribution < -0.4 is 0 Å². The third kappa shape index (κ3) is 4.07. The van der Waals surface area contributed by atoms with Crippen molar-refractivity contribution in [2.75, 3.05) is 19.8 Å². The van der Waals surface area contributed by atoms with Gasteiger partial charge in [-0.15, -0.1) is 0 Å². The summed E-state index contributed by atoms with van der Waals surface area (Å²) in [4.78, 5) is 0. The fourth-order valence-electron chi connectivity index (χ4n) is 1.60. The lowest BCUT2D eigenvalue weighted by molar-refractivity contribution is -0.153. The maximum atomic E-state index is 5.52. The van der Waals surface area contributed by atoms with E-state index in [2.05, 4.69) is 0 Å². The Morgan fingerprint density at radius 1 is 1.31 bits per heavy atom. The van der Waals surface area contributed by atoms with E-state index in [9.17, 15) is 0 Å². The molecule has 13 heavy (non-hydrogen) atoms. The lowest BCUT2D eigenvalue weighted by Crippen LogP contribution is -2.23. The van der Waals surface area contributed by atoms with Crippen molar-refractivity contribution in [3.63, 3.8) is 0 Å². The van der Waals surface area contributed by atoms with E-state index in [1.807, 2.05) is 13.8 Å². The zero-order valence-electron chi connectivity index (χ0n) is 8.62. The van der Waals surface area contributed by atoms with Gasteiger partial charge in [-0.05, 0) is 26.7 Å². The Balaban J connectivity index is 2.19. The molecule has 1 heterocycles. The van der Waals surface area contributed by atoms with Gasteiger partial charge in [-0.1, -0.05) is 0 Å². The molecule has 0 unspecified atom stereocenters. The van der Waals surface area contributed by atoms with Crippen LogP contribution in [0, 0.1) is 0 Å². The van der Waals surface area contributed by atoms with Gasteiger partial charge >= 0.3 is 0 Å². The average Bonchev–Trinajstić information content (AvgIpc) is 2.58. The highest BCUT2D eigenvalue weighted by molar-refractivity contribution is 4.66. The molecule has 1 aliphatic rings. The van der Waals surface area contributed by atoms with Crippen LogP contribution in [-0.2, 0) is 14.2 Å². The fourth-order valence-corrected chi connectivity index (χ4v) is 1.60. The third-order valence-corrected chi connectivity index (χ3v) is 2.18. The molecule has 1 fully saturated rings. The van der Waals surface area contributed by atoms with Crippen LogP contribution in [0.15, 0.2) is 0 Å². The fraction of sp³-hybridized carbons (Fsp3) is 1.00. The number of rotatable bonds is 6. The summed E-state index contributed by atoms with van der Waals surface area (Å²) in [6.45, 7) is 6.29. The summed E-state index contributed by atoms with van der Waals surface area (Å²) in [5.74, 6) is 0. The van der Waals surface area contributed by atoms with Crippen molar-refractivity contribution in [3.05, 3.63) is 0 Å². The molecular weight excluding hydrogens is 168 g/mol. The van der Waals surface area contributed by atoms with Crippen LogP contribution in [-0.4, -0.2) is 32.2 Å². The first kappa shape index (κ1) is 11.0. The van der Waals surface area contributed by atoms with E-state index in [1.54, 1.807) is 0 Å². The predicted octanol–water partition coefficient (Wildman–Crippen LogP) is 1.95. The van der Waals surface area contributed by atoms with Crippen molar-refractivity contribution in [2.45, 2.75) is 45.5 Å². The molecular formula is C10H20O3. The van der Waals surface area contributed by atoms with Crippen LogP contribution >= 0.6 is 0 Å². The highest BCUT2D eigenvalue weighted by atomic mass is 16.7. The first-order chi connectivity index (χ1) is 6.36. The Bertz CT molecular complexity index is 115. The maximum absolute atomic E-state index is 5.52. The van der Waals surface area contributed by atoms with Gasteiger partial charge in [-0.3, -0.25) is 0 Å². The molecule has 1 saturated heterocycles. The Morgan fingerprint density at radius 3 is 2.46 bits per heavy atom. The van der Waals surface area contributed by atoms with Gasteiger partial charge in [0.2, 0.25) is 0 Å². The van der Waals surface area contributed by atoms with Crippen molar-refractivity contribution in [3.8, 4) is 0 Å². The average molecular weight is 188 g/mol. The topological polar surface area (TPSA) is 27.7 Å². The maximum Gasteiger partial charge on any atom is 0.160 e. The zero-order chi connectivity index (χ0) is 9.52. The second kappa shape index (κ2) is 6.35. The van der Waals surface area contributed by atoms with Crippen molar-refractivity contribution in [2.24, 2.45) is 0 Å². The number of hydrogen-bond donors (Lipinski definition) is 0. The van der Waals surface area contributed by atoms with Gasteiger partial charge in [0.15, 0.2) is 6.29 Å². The third-order valence-electron chi connectivity index (χ3n) is 2.18. The second-order valence-electron chi connectivity index (χ2n) is 3.21. The summed E-state index contributed by atoms with van der Waals surface area (Å²) in [5.41, 5.74) is 0. The van der Waals surface area contributed by atoms with Gasteiger partial charge in [0, 0.05) is 26.2 Å². The van der Waals surface area contributed by atoms with Crippen molar-refractivity contribution >= 4 is 0 Å². The van der Waals surface area contributed by atoms with Crippen molar-refractivity contribution in [1.82, 2.24) is 0 Å². The lowest BCUT2D eigenvalue weighted by atomic mass is 10.2. The SMILES string of the molecule is CCOC(C[C@@H]1CCCO1)OCC. The number of hydrogen-bond acceptors (Lipinski definition) is 3. The largest absolute Gasteiger partial charge is 0.378 e. The normalized spacial score (nSPS) is 22.8. The van der Waals surface area contributed by atoms with Crippen LogP contribution in [0.25, 0.3) is 0 Å². The van der Waals surface area contributed by atoms with E-state index in [0.29, 0.717) is 19.3 Å².